The Hall–Kier alpha value is -4.22. The van der Waals surface area contributed by atoms with Gasteiger partial charge < -0.3 is 15.7 Å². The number of rotatable bonds is 8. The maximum absolute atomic E-state index is 13.5. The number of benzene rings is 2. The lowest BCUT2D eigenvalue weighted by Gasteiger charge is -2.14. The molecule has 4 rings (SSSR count). The Bertz CT molecular complexity index is 1700. The number of halogens is 6. The van der Waals surface area contributed by atoms with Gasteiger partial charge in [0.25, 0.3) is 5.91 Å². The number of amides is 3. The van der Waals surface area contributed by atoms with Crippen molar-refractivity contribution in [2.45, 2.75) is 25.7 Å². The summed E-state index contributed by atoms with van der Waals surface area (Å²) in [6.45, 7) is 1.00. The molecule has 0 radical (unpaired) electrons. The zero-order chi connectivity index (χ0) is 33.3. The molecule has 2 aromatic carbocycles. The highest BCUT2D eigenvalue weighted by Crippen LogP contribution is 2.44. The molecule has 0 spiro atoms. The van der Waals surface area contributed by atoms with Crippen LogP contribution in [0, 0.1) is 0 Å². The van der Waals surface area contributed by atoms with Gasteiger partial charge in [0.1, 0.15) is 9.32 Å². The minimum atomic E-state index is -5.08. The van der Waals surface area contributed by atoms with Crippen LogP contribution in [-0.4, -0.2) is 44.6 Å². The second-order valence-corrected chi connectivity index (χ2v) is 12.1. The molecule has 17 heteroatoms. The van der Waals surface area contributed by atoms with E-state index in [1.165, 1.54) is 36.4 Å². The number of thiocarbonyl (C=S) groups is 1. The summed E-state index contributed by atoms with van der Waals surface area (Å²) in [6.07, 6.45) is -9.01. The first-order valence-electron chi connectivity index (χ1n) is 12.5. The predicted molar refractivity (Wildman–Crippen MR) is 161 cm³/mol. The van der Waals surface area contributed by atoms with E-state index in [-0.39, 0.29) is 49.3 Å². The van der Waals surface area contributed by atoms with Crippen molar-refractivity contribution in [1.82, 2.24) is 4.90 Å². The van der Waals surface area contributed by atoms with Crippen LogP contribution >= 0.6 is 35.3 Å². The average molecular weight is 688 g/mol. The summed E-state index contributed by atoms with van der Waals surface area (Å²) >= 11 is 6.97. The first-order valence-corrected chi connectivity index (χ1v) is 14.6. The second kappa shape index (κ2) is 13.0. The fourth-order valence-electron chi connectivity index (χ4n) is 4.01. The molecule has 3 N–H and O–H groups in total. The number of alkyl halides is 6. The van der Waals surface area contributed by atoms with E-state index in [1.807, 2.05) is 0 Å². The van der Waals surface area contributed by atoms with Gasteiger partial charge in [-0.3, -0.25) is 19.3 Å². The number of nitrogens with zero attached hydrogens (tertiary/aromatic N) is 1. The van der Waals surface area contributed by atoms with Crippen molar-refractivity contribution in [3.8, 4) is 11.1 Å². The topological polar surface area (TPSA) is 116 Å². The lowest BCUT2D eigenvalue weighted by Crippen LogP contribution is -2.31. The summed E-state index contributed by atoms with van der Waals surface area (Å²) in [5.41, 5.74) is -3.27. The molecule has 1 aliphatic heterocycles. The summed E-state index contributed by atoms with van der Waals surface area (Å²) in [6, 6.07) is 7.74. The number of thiophene rings is 1. The highest BCUT2D eigenvalue weighted by Gasteiger charge is 2.37. The molecule has 3 amide bonds. The van der Waals surface area contributed by atoms with Gasteiger partial charge in [-0.15, -0.1) is 11.3 Å². The second-order valence-electron chi connectivity index (χ2n) is 9.38. The Morgan fingerprint density at radius 3 is 2.09 bits per heavy atom. The highest BCUT2D eigenvalue weighted by molar-refractivity contribution is 8.26. The van der Waals surface area contributed by atoms with Crippen LogP contribution in [-0.2, 0) is 26.7 Å². The van der Waals surface area contributed by atoms with Gasteiger partial charge in [-0.05, 0) is 60.2 Å². The van der Waals surface area contributed by atoms with E-state index in [1.54, 1.807) is 0 Å². The average Bonchev–Trinajstić information content (AvgIpc) is 3.44. The summed E-state index contributed by atoms with van der Waals surface area (Å²) in [5.74, 6) is -2.84. The monoisotopic (exact) mass is 687 g/mol. The molecule has 45 heavy (non-hydrogen) atoms. The van der Waals surface area contributed by atoms with Gasteiger partial charge in [-0.1, -0.05) is 24.0 Å². The Balaban J connectivity index is 1.56. The number of thioether (sulfide) groups is 1. The van der Waals surface area contributed by atoms with Gasteiger partial charge in [0.2, 0.25) is 11.8 Å². The molecular weight excluding hydrogens is 669 g/mol. The number of hydrogen-bond donors (Lipinski definition) is 3. The first kappa shape index (κ1) is 33.7. The summed E-state index contributed by atoms with van der Waals surface area (Å²) in [7, 11) is 0. The van der Waals surface area contributed by atoms with Gasteiger partial charge in [0.15, 0.2) is 0 Å². The normalized spacial score (nSPS) is 14.6. The zero-order valence-corrected chi connectivity index (χ0v) is 25.1. The third-order valence-corrected chi connectivity index (χ3v) is 8.44. The molecule has 0 atom stereocenters. The van der Waals surface area contributed by atoms with Crippen LogP contribution in [0.5, 0.6) is 0 Å². The Kier molecular flexibility index (Phi) is 9.74. The van der Waals surface area contributed by atoms with Crippen LogP contribution in [0.4, 0.5) is 37.0 Å². The molecule has 2 heterocycles. The van der Waals surface area contributed by atoms with Crippen molar-refractivity contribution in [1.29, 1.82) is 0 Å². The zero-order valence-electron chi connectivity index (χ0n) is 22.6. The van der Waals surface area contributed by atoms with Crippen LogP contribution in [0.2, 0.25) is 0 Å². The van der Waals surface area contributed by atoms with Crippen molar-refractivity contribution in [3.63, 3.8) is 0 Å². The number of carbonyl (C=O) groups excluding carboxylic acids is 3. The quantitative estimate of drug-likeness (QED) is 0.129. The molecule has 3 aromatic rings. The molecule has 0 bridgehead atoms. The van der Waals surface area contributed by atoms with Gasteiger partial charge in [-0.2, -0.15) is 26.3 Å². The van der Waals surface area contributed by atoms with E-state index in [4.69, 9.17) is 17.3 Å². The maximum Gasteiger partial charge on any atom is 0.416 e. The molecule has 8 nitrogen and oxygen atoms in total. The number of hydrogen-bond acceptors (Lipinski definition) is 7. The van der Waals surface area contributed by atoms with Gasteiger partial charge in [-0.25, -0.2) is 4.79 Å². The summed E-state index contributed by atoms with van der Waals surface area (Å²) in [4.78, 5) is 49.7. The van der Waals surface area contributed by atoms with E-state index < -0.39 is 52.7 Å². The van der Waals surface area contributed by atoms with E-state index in [2.05, 4.69) is 10.6 Å². The van der Waals surface area contributed by atoms with Crippen LogP contribution in [0.3, 0.4) is 0 Å². The third-order valence-electron chi connectivity index (χ3n) is 6.06. The smallest absolute Gasteiger partial charge is 0.416 e. The number of carbonyl (C=O) groups is 4. The van der Waals surface area contributed by atoms with E-state index in [9.17, 15) is 45.5 Å². The van der Waals surface area contributed by atoms with Crippen molar-refractivity contribution in [2.75, 3.05) is 17.2 Å². The minimum absolute atomic E-state index is 0.00445. The number of nitrogens with one attached hydrogen (secondary N) is 2. The molecular formula is C28H19F6N3O5S3. The standard InChI is InChI=1S/C28H19F6N3O5S3/c1-13(38)35-23-20(15-8-16(27(29,30)31)10-17(9-15)28(32,33)34)11-19(44-23)12-21-24(40)37(26(43)45-21)7-6-22(39)36-18-4-2-14(3-5-18)25(41)42/h2-5,8-12H,6-7H2,1H3,(H,35,38)(H,36,39)(H,41,42). The molecule has 0 saturated carbocycles. The molecule has 1 aliphatic rings. The lowest BCUT2D eigenvalue weighted by molar-refractivity contribution is -0.143. The first-order chi connectivity index (χ1) is 20.9. The summed E-state index contributed by atoms with van der Waals surface area (Å²) in [5, 5.41) is 13.9. The molecule has 236 valence electrons. The Labute approximate surface area is 264 Å². The van der Waals surface area contributed by atoms with Crippen LogP contribution in [0.25, 0.3) is 17.2 Å². The molecule has 0 unspecified atom stereocenters. The Morgan fingerprint density at radius 2 is 1.56 bits per heavy atom. The van der Waals surface area contributed by atoms with Crippen molar-refractivity contribution in [2.24, 2.45) is 0 Å². The largest absolute Gasteiger partial charge is 0.478 e. The fourth-order valence-corrected chi connectivity index (χ4v) is 6.46. The van der Waals surface area contributed by atoms with Gasteiger partial charge >= 0.3 is 18.3 Å². The molecule has 1 aromatic heterocycles. The fraction of sp³-hybridized carbons (Fsp3) is 0.179. The number of carboxylic acid groups (broad SMARTS) is 1. The number of anilines is 2. The van der Waals surface area contributed by atoms with Crippen LogP contribution in [0.1, 0.15) is 39.7 Å². The number of carboxylic acids is 1. The van der Waals surface area contributed by atoms with Crippen LogP contribution in [0.15, 0.2) is 53.4 Å². The minimum Gasteiger partial charge on any atom is -0.478 e. The molecule has 0 aliphatic carbocycles. The predicted octanol–water partition coefficient (Wildman–Crippen LogP) is 7.34. The van der Waals surface area contributed by atoms with E-state index in [0.29, 0.717) is 17.8 Å². The van der Waals surface area contributed by atoms with Gasteiger partial charge in [0, 0.05) is 36.0 Å². The van der Waals surface area contributed by atoms with E-state index >= 15 is 0 Å². The summed E-state index contributed by atoms with van der Waals surface area (Å²) < 4.78 is 80.9. The highest BCUT2D eigenvalue weighted by atomic mass is 32.2. The van der Waals surface area contributed by atoms with E-state index in [0.717, 1.165) is 34.9 Å². The maximum atomic E-state index is 13.5. The van der Waals surface area contributed by atoms with Crippen molar-refractivity contribution >= 4 is 80.1 Å². The van der Waals surface area contributed by atoms with Crippen molar-refractivity contribution in [3.05, 3.63) is 75.0 Å². The SMILES string of the molecule is CC(=O)Nc1sc(C=C2SC(=S)N(CCC(=O)Nc3ccc(C(=O)O)cc3)C2=O)cc1-c1cc(C(F)(F)F)cc(C(F)(F)F)c1. The molecule has 1 saturated heterocycles. The van der Waals surface area contributed by atoms with Crippen molar-refractivity contribution < 1.29 is 50.6 Å². The van der Waals surface area contributed by atoms with Crippen LogP contribution < -0.4 is 10.6 Å². The molecule has 1 fully saturated rings. The Morgan fingerprint density at radius 1 is 0.956 bits per heavy atom. The lowest BCUT2D eigenvalue weighted by atomic mass is 10.00. The third kappa shape index (κ3) is 8.29. The number of aromatic carboxylic acids is 1. The van der Waals surface area contributed by atoms with Gasteiger partial charge in [0.05, 0.1) is 21.6 Å².